The van der Waals surface area contributed by atoms with Crippen molar-refractivity contribution < 1.29 is 0 Å². The number of rotatable bonds is 2. The molecule has 8 aromatic carbocycles. The molecular weight excluding hydrogens is 522 g/mol. The lowest BCUT2D eigenvalue weighted by Crippen LogP contribution is -2.04. The predicted molar refractivity (Wildman–Crippen MR) is 181 cm³/mol. The van der Waals surface area contributed by atoms with Gasteiger partial charge in [0.15, 0.2) is 5.82 Å². The zero-order valence-electron chi connectivity index (χ0n) is 23.1. The van der Waals surface area contributed by atoms with Crippen molar-refractivity contribution in [2.75, 3.05) is 0 Å². The van der Waals surface area contributed by atoms with Gasteiger partial charge in [0.25, 0.3) is 0 Å². The highest BCUT2D eigenvalue weighted by atomic mass is 15.1. The number of hydrogen-bond donors (Lipinski definition) is 0. The molecule has 10 rings (SSSR count). The van der Waals surface area contributed by atoms with E-state index in [2.05, 4.69) is 144 Å². The van der Waals surface area contributed by atoms with Gasteiger partial charge in [-0.15, -0.1) is 0 Å². The highest BCUT2D eigenvalue weighted by Gasteiger charge is 2.24. The average Bonchev–Trinajstić information content (AvgIpc) is 3.41. The molecule has 3 nitrogen and oxygen atoms in total. The summed E-state index contributed by atoms with van der Waals surface area (Å²) in [7, 11) is 0. The molecular formula is C40H23N3. The minimum Gasteiger partial charge on any atom is -0.292 e. The maximum atomic E-state index is 5.45. The summed E-state index contributed by atoms with van der Waals surface area (Å²) in [4.78, 5) is 10.9. The average molecular weight is 546 g/mol. The van der Waals surface area contributed by atoms with Gasteiger partial charge in [-0.2, -0.15) is 0 Å². The Labute approximate surface area is 246 Å². The summed E-state index contributed by atoms with van der Waals surface area (Å²) in [5, 5.41) is 12.4. The largest absolute Gasteiger partial charge is 0.292 e. The van der Waals surface area contributed by atoms with E-state index in [1.54, 1.807) is 0 Å². The highest BCUT2D eigenvalue weighted by Crippen LogP contribution is 2.47. The van der Waals surface area contributed by atoms with Crippen LogP contribution in [0.15, 0.2) is 140 Å². The molecule has 0 fully saturated rings. The van der Waals surface area contributed by atoms with Crippen molar-refractivity contribution >= 4 is 75.9 Å². The molecule has 0 bridgehead atoms. The van der Waals surface area contributed by atoms with E-state index < -0.39 is 0 Å². The molecule has 198 valence electrons. The van der Waals surface area contributed by atoms with Crippen LogP contribution in [0.1, 0.15) is 0 Å². The molecule has 43 heavy (non-hydrogen) atoms. The van der Waals surface area contributed by atoms with Crippen molar-refractivity contribution in [1.29, 1.82) is 0 Å². The summed E-state index contributed by atoms with van der Waals surface area (Å²) >= 11 is 0. The van der Waals surface area contributed by atoms with Crippen LogP contribution in [0, 0.1) is 0 Å². The first-order valence-electron chi connectivity index (χ1n) is 14.7. The van der Waals surface area contributed by atoms with E-state index in [-0.39, 0.29) is 0 Å². The zero-order chi connectivity index (χ0) is 28.1. The number of hydrogen-bond acceptors (Lipinski definition) is 2. The van der Waals surface area contributed by atoms with Gasteiger partial charge < -0.3 is 0 Å². The van der Waals surface area contributed by atoms with Crippen LogP contribution in [0.4, 0.5) is 0 Å². The summed E-state index contributed by atoms with van der Waals surface area (Å²) in [5.41, 5.74) is 6.02. The van der Waals surface area contributed by atoms with Crippen LogP contribution in [0.25, 0.3) is 93.0 Å². The first kappa shape index (κ1) is 22.8. The Kier molecular flexibility index (Phi) is 4.45. The van der Waals surface area contributed by atoms with E-state index >= 15 is 0 Å². The number of fused-ring (bicyclic) bond motifs is 8. The van der Waals surface area contributed by atoms with E-state index in [0.29, 0.717) is 0 Å². The van der Waals surface area contributed by atoms with Crippen molar-refractivity contribution in [3.8, 4) is 17.1 Å². The summed E-state index contributed by atoms with van der Waals surface area (Å²) in [6, 6.07) is 49.8. The predicted octanol–water partition coefficient (Wildman–Crippen LogP) is 10.4. The molecule has 0 N–H and O–H groups in total. The summed E-state index contributed by atoms with van der Waals surface area (Å²) in [6.45, 7) is 0. The van der Waals surface area contributed by atoms with Crippen molar-refractivity contribution in [3.63, 3.8) is 0 Å². The fourth-order valence-electron chi connectivity index (χ4n) is 7.28. The molecule has 0 atom stereocenters. The van der Waals surface area contributed by atoms with Crippen LogP contribution >= 0.6 is 0 Å². The van der Waals surface area contributed by atoms with Gasteiger partial charge in [-0.25, -0.2) is 9.97 Å². The van der Waals surface area contributed by atoms with Crippen molar-refractivity contribution in [2.24, 2.45) is 0 Å². The number of benzene rings is 8. The normalized spacial score (nSPS) is 12.2. The molecule has 0 aliphatic heterocycles. The molecule has 0 unspecified atom stereocenters. The fourth-order valence-corrected chi connectivity index (χ4v) is 7.28. The molecule has 0 amide bonds. The van der Waals surface area contributed by atoms with Gasteiger partial charge in [-0.05, 0) is 50.5 Å². The van der Waals surface area contributed by atoms with Gasteiger partial charge in [0.05, 0.1) is 22.1 Å². The minimum atomic E-state index is 0.846. The van der Waals surface area contributed by atoms with Gasteiger partial charge in [-0.1, -0.05) is 121 Å². The van der Waals surface area contributed by atoms with E-state index in [9.17, 15) is 0 Å². The van der Waals surface area contributed by atoms with Crippen molar-refractivity contribution in [3.05, 3.63) is 140 Å². The number of nitrogens with zero attached hydrogens (tertiary/aromatic N) is 3. The first-order valence-corrected chi connectivity index (χ1v) is 14.7. The smallest absolute Gasteiger partial charge is 0.165 e. The molecule has 10 aromatic rings. The van der Waals surface area contributed by atoms with Crippen LogP contribution in [0.2, 0.25) is 0 Å². The molecule has 0 saturated carbocycles. The lowest BCUT2D eigenvalue weighted by atomic mass is 9.91. The molecule has 0 saturated heterocycles. The van der Waals surface area contributed by atoms with E-state index in [1.807, 2.05) is 0 Å². The van der Waals surface area contributed by atoms with Gasteiger partial charge >= 0.3 is 0 Å². The van der Waals surface area contributed by atoms with Gasteiger partial charge in [-0.3, -0.25) is 4.57 Å². The Bertz CT molecular complexity index is 2710. The molecule has 0 aliphatic rings. The summed E-state index contributed by atoms with van der Waals surface area (Å²) < 4.78 is 2.36. The molecule has 0 spiro atoms. The van der Waals surface area contributed by atoms with E-state index in [0.717, 1.165) is 49.9 Å². The lowest BCUT2D eigenvalue weighted by molar-refractivity contribution is 1.08. The van der Waals surface area contributed by atoms with Crippen LogP contribution in [0.5, 0.6) is 0 Å². The third-order valence-corrected chi connectivity index (χ3v) is 9.09. The maximum Gasteiger partial charge on any atom is 0.165 e. The Morgan fingerprint density at radius 2 is 1.09 bits per heavy atom. The molecule has 2 aromatic heterocycles. The van der Waals surface area contributed by atoms with Gasteiger partial charge in [0.2, 0.25) is 0 Å². The standard InChI is InChI=1S/C40H23N3/c1-2-12-25(13-3-1)38-40(41-32-22-21-24-11-4-7-16-28(24)39(32)42-38)43-33-20-10-19-31-29-17-8-9-18-30(29)35-27-15-6-5-14-26(27)23-34(43)37(35)36(31)33/h1-23H. The molecule has 2 heterocycles. The SMILES string of the molecule is c1ccc(-c2nc3c(ccc4ccccc43)nc2-n2c3cccc4c5ccccc5c5c6ccccc6cc2c5c43)cc1. The Hall–Kier alpha value is -5.80. The Morgan fingerprint density at radius 1 is 0.419 bits per heavy atom. The Balaban J connectivity index is 1.46. The summed E-state index contributed by atoms with van der Waals surface area (Å²) in [6.07, 6.45) is 0. The van der Waals surface area contributed by atoms with Crippen LogP contribution in [-0.4, -0.2) is 14.5 Å². The third kappa shape index (κ3) is 3.03. The van der Waals surface area contributed by atoms with E-state index in [4.69, 9.17) is 9.97 Å². The van der Waals surface area contributed by atoms with Crippen LogP contribution in [-0.2, 0) is 0 Å². The summed E-state index contributed by atoms with van der Waals surface area (Å²) in [5.74, 6) is 0.846. The Morgan fingerprint density at radius 3 is 1.95 bits per heavy atom. The van der Waals surface area contributed by atoms with Crippen LogP contribution in [0.3, 0.4) is 0 Å². The molecule has 0 radical (unpaired) electrons. The zero-order valence-corrected chi connectivity index (χ0v) is 23.1. The maximum absolute atomic E-state index is 5.45. The van der Waals surface area contributed by atoms with E-state index in [1.165, 1.54) is 43.1 Å². The second-order valence-corrected chi connectivity index (χ2v) is 11.4. The highest BCUT2D eigenvalue weighted by molar-refractivity contribution is 6.39. The van der Waals surface area contributed by atoms with Crippen molar-refractivity contribution in [2.45, 2.75) is 0 Å². The monoisotopic (exact) mass is 545 g/mol. The third-order valence-electron chi connectivity index (χ3n) is 9.09. The minimum absolute atomic E-state index is 0.846. The van der Waals surface area contributed by atoms with Crippen LogP contribution < -0.4 is 0 Å². The topological polar surface area (TPSA) is 30.7 Å². The second kappa shape index (κ2) is 8.37. The molecule has 0 aliphatic carbocycles. The van der Waals surface area contributed by atoms with Gasteiger partial charge in [0.1, 0.15) is 5.69 Å². The second-order valence-electron chi connectivity index (χ2n) is 11.4. The van der Waals surface area contributed by atoms with Gasteiger partial charge in [0, 0.05) is 27.1 Å². The fraction of sp³-hybridized carbons (Fsp3) is 0. The first-order chi connectivity index (χ1) is 21.3. The molecule has 3 heteroatoms. The lowest BCUT2D eigenvalue weighted by Gasteiger charge is -2.15. The quantitative estimate of drug-likeness (QED) is 0.202. The van der Waals surface area contributed by atoms with Crippen molar-refractivity contribution in [1.82, 2.24) is 14.5 Å². The number of aromatic nitrogens is 3.